The van der Waals surface area contributed by atoms with Gasteiger partial charge in [0.2, 0.25) is 5.91 Å². The third-order valence-electron chi connectivity index (χ3n) is 5.63. The van der Waals surface area contributed by atoms with Gasteiger partial charge in [0.15, 0.2) is 0 Å². The van der Waals surface area contributed by atoms with Gasteiger partial charge in [0, 0.05) is 44.5 Å². The van der Waals surface area contributed by atoms with Crippen molar-refractivity contribution in [1.82, 2.24) is 4.31 Å². The second-order valence-corrected chi connectivity index (χ2v) is 10.9. The SMILES string of the molecule is CC(=O)N(C[C@H]1CN(S(=O)(=O)c2cccs2)CCN1c1ccc(O)cc1)c1ccc(F)cc1. The number of rotatable bonds is 6. The van der Waals surface area contributed by atoms with Gasteiger partial charge in [-0.05, 0) is 60.0 Å². The normalized spacial score (nSPS) is 17.2. The van der Waals surface area contributed by atoms with Crippen LogP contribution in [0.2, 0.25) is 0 Å². The number of halogens is 1. The molecule has 1 atom stereocenters. The van der Waals surface area contributed by atoms with Crippen LogP contribution in [-0.4, -0.2) is 56.0 Å². The number of carbonyl (C=O) groups excluding carboxylic acids is 1. The van der Waals surface area contributed by atoms with Crippen molar-refractivity contribution >= 4 is 38.6 Å². The number of nitrogens with zero attached hydrogens (tertiary/aromatic N) is 3. The van der Waals surface area contributed by atoms with E-state index in [1.807, 2.05) is 4.90 Å². The lowest BCUT2D eigenvalue weighted by Gasteiger charge is -2.43. The molecular formula is C23H24FN3O4S2. The number of hydrogen-bond donors (Lipinski definition) is 1. The first-order valence-corrected chi connectivity index (χ1v) is 12.7. The van der Waals surface area contributed by atoms with E-state index in [0.29, 0.717) is 12.2 Å². The van der Waals surface area contributed by atoms with Gasteiger partial charge in [-0.1, -0.05) is 6.07 Å². The molecule has 1 aromatic heterocycles. The minimum Gasteiger partial charge on any atom is -0.508 e. The van der Waals surface area contributed by atoms with Crippen LogP contribution in [0.3, 0.4) is 0 Å². The Morgan fingerprint density at radius 1 is 1.12 bits per heavy atom. The Bertz CT molecular complexity index is 1200. The number of phenolic OH excluding ortho intramolecular Hbond substituents is 1. The Morgan fingerprint density at radius 2 is 1.82 bits per heavy atom. The van der Waals surface area contributed by atoms with Gasteiger partial charge in [-0.3, -0.25) is 4.79 Å². The fraction of sp³-hybridized carbons (Fsp3) is 0.261. The van der Waals surface area contributed by atoms with Crippen molar-refractivity contribution in [2.45, 2.75) is 17.2 Å². The molecule has 1 N–H and O–H groups in total. The van der Waals surface area contributed by atoms with Crippen molar-refractivity contribution in [3.8, 4) is 5.75 Å². The van der Waals surface area contributed by atoms with Crippen molar-refractivity contribution in [3.63, 3.8) is 0 Å². The van der Waals surface area contributed by atoms with E-state index in [-0.39, 0.29) is 41.5 Å². The van der Waals surface area contributed by atoms with Gasteiger partial charge in [0.1, 0.15) is 15.8 Å². The highest BCUT2D eigenvalue weighted by Crippen LogP contribution is 2.29. The lowest BCUT2D eigenvalue weighted by Crippen LogP contribution is -2.58. The highest BCUT2D eigenvalue weighted by atomic mass is 32.2. The summed E-state index contributed by atoms with van der Waals surface area (Å²) in [4.78, 5) is 16.1. The van der Waals surface area contributed by atoms with Crippen molar-refractivity contribution in [2.75, 3.05) is 36.0 Å². The van der Waals surface area contributed by atoms with Crippen LogP contribution in [0.15, 0.2) is 70.3 Å². The summed E-state index contributed by atoms with van der Waals surface area (Å²) in [5, 5.41) is 11.4. The number of carbonyl (C=O) groups is 1. The molecule has 1 aliphatic heterocycles. The maximum atomic E-state index is 13.4. The summed E-state index contributed by atoms with van der Waals surface area (Å²) >= 11 is 1.17. The van der Waals surface area contributed by atoms with Crippen LogP contribution in [-0.2, 0) is 14.8 Å². The number of amides is 1. The second kappa shape index (κ2) is 9.50. The molecule has 7 nitrogen and oxygen atoms in total. The minimum atomic E-state index is -3.66. The van der Waals surface area contributed by atoms with Crippen LogP contribution in [0.4, 0.5) is 15.8 Å². The molecule has 0 saturated carbocycles. The van der Waals surface area contributed by atoms with Crippen LogP contribution < -0.4 is 9.80 Å². The Kier molecular flexibility index (Phi) is 6.68. The molecule has 0 spiro atoms. The molecule has 1 saturated heterocycles. The standard InChI is InChI=1S/C23H24FN3O4S2/c1-17(28)27(20-6-4-18(24)5-7-20)16-21-15-25(33(30,31)23-3-2-14-32-23)12-13-26(21)19-8-10-22(29)11-9-19/h2-11,14,21,29H,12-13,15-16H2,1H3/t21-/m1/s1. The third kappa shape index (κ3) is 5.02. The summed E-state index contributed by atoms with van der Waals surface area (Å²) in [7, 11) is -3.66. The van der Waals surface area contributed by atoms with Gasteiger partial charge in [0.05, 0.1) is 6.04 Å². The summed E-state index contributed by atoms with van der Waals surface area (Å²) in [6.45, 7) is 2.51. The first kappa shape index (κ1) is 23.2. The summed E-state index contributed by atoms with van der Waals surface area (Å²) in [5.41, 5.74) is 1.35. The molecule has 0 unspecified atom stereocenters. The molecule has 0 radical (unpaired) electrons. The maximum Gasteiger partial charge on any atom is 0.252 e. The summed E-state index contributed by atoms with van der Waals surface area (Å²) in [6.07, 6.45) is 0. The largest absolute Gasteiger partial charge is 0.508 e. The van der Waals surface area contributed by atoms with E-state index in [9.17, 15) is 22.7 Å². The first-order chi connectivity index (χ1) is 15.8. The van der Waals surface area contributed by atoms with Crippen LogP contribution in [0.25, 0.3) is 0 Å². The Hall–Kier alpha value is -2.95. The number of phenols is 1. The molecule has 174 valence electrons. The van der Waals surface area contributed by atoms with E-state index in [1.165, 1.54) is 51.7 Å². The summed E-state index contributed by atoms with van der Waals surface area (Å²) in [5.74, 6) is -0.504. The van der Waals surface area contributed by atoms with E-state index in [1.54, 1.807) is 41.8 Å². The molecule has 2 aromatic carbocycles. The summed E-state index contributed by atoms with van der Waals surface area (Å²) < 4.78 is 41.5. The Balaban J connectivity index is 1.66. The van der Waals surface area contributed by atoms with Crippen molar-refractivity contribution in [2.24, 2.45) is 0 Å². The van der Waals surface area contributed by atoms with Crippen molar-refractivity contribution in [3.05, 3.63) is 71.9 Å². The molecule has 1 fully saturated rings. The topological polar surface area (TPSA) is 81.2 Å². The lowest BCUT2D eigenvalue weighted by atomic mass is 10.1. The lowest BCUT2D eigenvalue weighted by molar-refractivity contribution is -0.116. The predicted molar refractivity (Wildman–Crippen MR) is 127 cm³/mol. The van der Waals surface area contributed by atoms with Gasteiger partial charge in [0.25, 0.3) is 10.0 Å². The number of anilines is 2. The van der Waals surface area contributed by atoms with Crippen molar-refractivity contribution in [1.29, 1.82) is 0 Å². The average molecular weight is 490 g/mol. The zero-order chi connectivity index (χ0) is 23.6. The number of sulfonamides is 1. The number of aromatic hydroxyl groups is 1. The number of thiophene rings is 1. The van der Waals surface area contributed by atoms with Gasteiger partial charge >= 0.3 is 0 Å². The average Bonchev–Trinajstić information content (AvgIpc) is 3.34. The van der Waals surface area contributed by atoms with Crippen molar-refractivity contribution < 1.29 is 22.7 Å². The van der Waals surface area contributed by atoms with E-state index >= 15 is 0 Å². The van der Waals surface area contributed by atoms with E-state index < -0.39 is 15.8 Å². The van der Waals surface area contributed by atoms with Gasteiger partial charge in [-0.2, -0.15) is 4.31 Å². The highest BCUT2D eigenvalue weighted by Gasteiger charge is 2.36. The summed E-state index contributed by atoms with van der Waals surface area (Å²) in [6, 6.07) is 15.2. The van der Waals surface area contributed by atoms with Gasteiger partial charge < -0.3 is 14.9 Å². The molecular weight excluding hydrogens is 465 g/mol. The van der Waals surface area contributed by atoms with Crippen LogP contribution in [0.1, 0.15) is 6.92 Å². The zero-order valence-corrected chi connectivity index (χ0v) is 19.6. The zero-order valence-electron chi connectivity index (χ0n) is 18.0. The monoisotopic (exact) mass is 489 g/mol. The molecule has 3 aromatic rings. The highest BCUT2D eigenvalue weighted by molar-refractivity contribution is 7.91. The molecule has 1 aliphatic rings. The van der Waals surface area contributed by atoms with E-state index in [4.69, 9.17) is 0 Å². The quantitative estimate of drug-likeness (QED) is 0.573. The maximum absolute atomic E-state index is 13.4. The van der Waals surface area contributed by atoms with Crippen LogP contribution in [0.5, 0.6) is 5.75 Å². The molecule has 4 rings (SSSR count). The minimum absolute atomic E-state index is 0.130. The fourth-order valence-corrected chi connectivity index (χ4v) is 6.58. The molecule has 33 heavy (non-hydrogen) atoms. The smallest absolute Gasteiger partial charge is 0.252 e. The molecule has 0 aliphatic carbocycles. The molecule has 0 bridgehead atoms. The van der Waals surface area contributed by atoms with E-state index in [2.05, 4.69) is 0 Å². The third-order valence-corrected chi connectivity index (χ3v) is 8.87. The van der Waals surface area contributed by atoms with Crippen LogP contribution >= 0.6 is 11.3 Å². The van der Waals surface area contributed by atoms with Crippen LogP contribution in [0, 0.1) is 5.82 Å². The predicted octanol–water partition coefficient (Wildman–Crippen LogP) is 3.53. The van der Waals surface area contributed by atoms with Gasteiger partial charge in [-0.15, -0.1) is 11.3 Å². The van der Waals surface area contributed by atoms with Gasteiger partial charge in [-0.25, -0.2) is 12.8 Å². The Labute approximate surface area is 196 Å². The fourth-order valence-electron chi connectivity index (χ4n) is 3.97. The molecule has 2 heterocycles. The molecule has 10 heteroatoms. The first-order valence-electron chi connectivity index (χ1n) is 10.4. The van der Waals surface area contributed by atoms with E-state index in [0.717, 1.165) is 5.69 Å². The number of hydrogen-bond acceptors (Lipinski definition) is 6. The number of piperazine rings is 1. The Morgan fingerprint density at radius 3 is 2.42 bits per heavy atom. The second-order valence-electron chi connectivity index (χ2n) is 7.76. The molecule has 1 amide bonds. The number of benzene rings is 2.